The normalized spacial score (nSPS) is 10.1. The van der Waals surface area contributed by atoms with E-state index in [1.165, 1.54) is 17.8 Å². The molecular formula is C12H8BrN3OS. The molecule has 0 aliphatic carbocycles. The van der Waals surface area contributed by atoms with Crippen molar-refractivity contribution < 1.29 is 0 Å². The first-order valence-electron chi connectivity index (χ1n) is 5.04. The number of nitrogens with one attached hydrogen (secondary N) is 1. The fourth-order valence-corrected chi connectivity index (χ4v) is 2.85. The van der Waals surface area contributed by atoms with Gasteiger partial charge in [-0.1, -0.05) is 27.7 Å². The summed E-state index contributed by atoms with van der Waals surface area (Å²) in [5, 5.41) is 9.51. The Bertz CT molecular complexity index is 690. The molecule has 1 aromatic carbocycles. The van der Waals surface area contributed by atoms with Crippen molar-refractivity contribution in [3.8, 4) is 6.07 Å². The summed E-state index contributed by atoms with van der Waals surface area (Å²) >= 11 is 4.61. The van der Waals surface area contributed by atoms with Crippen molar-refractivity contribution in [1.29, 1.82) is 5.26 Å². The van der Waals surface area contributed by atoms with Gasteiger partial charge in [0.15, 0.2) is 5.16 Å². The topological polar surface area (TPSA) is 69.5 Å². The predicted octanol–water partition coefficient (Wildman–Crippen LogP) is 2.86. The fraction of sp³-hybridized carbons (Fsp3) is 0.0833. The van der Waals surface area contributed by atoms with Gasteiger partial charge in [-0.05, 0) is 25.1 Å². The van der Waals surface area contributed by atoms with Gasteiger partial charge >= 0.3 is 0 Å². The van der Waals surface area contributed by atoms with E-state index in [9.17, 15) is 4.79 Å². The third kappa shape index (κ3) is 3.00. The molecule has 0 radical (unpaired) electrons. The number of hydrogen-bond donors (Lipinski definition) is 1. The van der Waals surface area contributed by atoms with Gasteiger partial charge in [-0.3, -0.25) is 4.79 Å². The summed E-state index contributed by atoms with van der Waals surface area (Å²) in [5.74, 6) is 0. The molecular weight excluding hydrogens is 314 g/mol. The van der Waals surface area contributed by atoms with Crippen molar-refractivity contribution in [3.05, 3.63) is 50.3 Å². The van der Waals surface area contributed by atoms with Gasteiger partial charge < -0.3 is 4.98 Å². The first-order chi connectivity index (χ1) is 8.58. The molecule has 0 saturated heterocycles. The second-order valence-electron chi connectivity index (χ2n) is 3.55. The summed E-state index contributed by atoms with van der Waals surface area (Å²) in [5.41, 5.74) is 1.00. The van der Waals surface area contributed by atoms with Crippen LogP contribution in [0.3, 0.4) is 0 Å². The Morgan fingerprint density at radius 1 is 1.44 bits per heavy atom. The molecule has 2 aromatic rings. The van der Waals surface area contributed by atoms with Gasteiger partial charge in [0.25, 0.3) is 5.56 Å². The van der Waals surface area contributed by atoms with Crippen LogP contribution in [0.1, 0.15) is 11.3 Å². The molecule has 0 unspecified atom stereocenters. The molecule has 0 saturated carbocycles. The minimum atomic E-state index is -0.196. The van der Waals surface area contributed by atoms with Crippen molar-refractivity contribution in [1.82, 2.24) is 9.97 Å². The number of H-pyrrole nitrogens is 1. The number of aromatic nitrogens is 2. The SMILES string of the molecule is Cc1cc(=O)[nH]c(Sc2cc(Br)ccc2C#N)n1. The summed E-state index contributed by atoms with van der Waals surface area (Å²) in [6, 6.07) is 8.89. The van der Waals surface area contributed by atoms with E-state index in [0.29, 0.717) is 16.4 Å². The van der Waals surface area contributed by atoms with E-state index in [2.05, 4.69) is 32.0 Å². The van der Waals surface area contributed by atoms with Gasteiger partial charge in [-0.2, -0.15) is 5.26 Å². The van der Waals surface area contributed by atoms with Crippen LogP contribution in [0.4, 0.5) is 0 Å². The molecule has 2 rings (SSSR count). The van der Waals surface area contributed by atoms with E-state index >= 15 is 0 Å². The van der Waals surface area contributed by atoms with Crippen LogP contribution in [-0.2, 0) is 0 Å². The molecule has 1 N–H and O–H groups in total. The molecule has 0 aliphatic rings. The summed E-state index contributed by atoms with van der Waals surface area (Å²) in [6.45, 7) is 1.76. The molecule has 0 bridgehead atoms. The van der Waals surface area contributed by atoms with Crippen molar-refractivity contribution in [2.24, 2.45) is 0 Å². The smallest absolute Gasteiger partial charge is 0.251 e. The molecule has 0 aliphatic heterocycles. The van der Waals surface area contributed by atoms with Crippen molar-refractivity contribution in [2.75, 3.05) is 0 Å². The monoisotopic (exact) mass is 321 g/mol. The lowest BCUT2D eigenvalue weighted by molar-refractivity contribution is 0.905. The van der Waals surface area contributed by atoms with E-state index in [0.717, 1.165) is 9.37 Å². The van der Waals surface area contributed by atoms with E-state index in [1.54, 1.807) is 19.1 Å². The number of nitriles is 1. The Balaban J connectivity index is 2.42. The number of rotatable bonds is 2. The lowest BCUT2D eigenvalue weighted by atomic mass is 10.2. The van der Waals surface area contributed by atoms with Crippen molar-refractivity contribution in [2.45, 2.75) is 17.0 Å². The molecule has 0 spiro atoms. The molecule has 1 heterocycles. The second kappa shape index (κ2) is 5.38. The number of aryl methyl sites for hydroxylation is 1. The maximum absolute atomic E-state index is 11.3. The molecule has 6 heteroatoms. The summed E-state index contributed by atoms with van der Waals surface area (Å²) in [4.78, 5) is 18.9. The first-order valence-corrected chi connectivity index (χ1v) is 6.65. The van der Waals surface area contributed by atoms with Crippen molar-refractivity contribution in [3.63, 3.8) is 0 Å². The lowest BCUT2D eigenvalue weighted by Gasteiger charge is -2.04. The molecule has 1 aromatic heterocycles. The lowest BCUT2D eigenvalue weighted by Crippen LogP contribution is -2.07. The van der Waals surface area contributed by atoms with Crippen LogP contribution in [0.25, 0.3) is 0 Å². The highest BCUT2D eigenvalue weighted by Gasteiger charge is 2.07. The molecule has 4 nitrogen and oxygen atoms in total. The highest BCUT2D eigenvalue weighted by Crippen LogP contribution is 2.29. The maximum Gasteiger partial charge on any atom is 0.251 e. The average molecular weight is 322 g/mol. The molecule has 18 heavy (non-hydrogen) atoms. The van der Waals surface area contributed by atoms with E-state index in [1.807, 2.05) is 6.07 Å². The Labute approximate surface area is 116 Å². The largest absolute Gasteiger partial charge is 0.301 e. The van der Waals surface area contributed by atoms with Crippen LogP contribution < -0.4 is 5.56 Å². The van der Waals surface area contributed by atoms with Gasteiger partial charge in [0, 0.05) is 21.1 Å². The highest BCUT2D eigenvalue weighted by atomic mass is 79.9. The Kier molecular flexibility index (Phi) is 3.84. The van der Waals surface area contributed by atoms with E-state index in [-0.39, 0.29) is 5.56 Å². The van der Waals surface area contributed by atoms with Crippen LogP contribution in [0.2, 0.25) is 0 Å². The van der Waals surface area contributed by atoms with Crippen LogP contribution in [0.15, 0.2) is 43.6 Å². The number of aromatic amines is 1. The minimum absolute atomic E-state index is 0.196. The van der Waals surface area contributed by atoms with Gasteiger partial charge in [0.2, 0.25) is 0 Å². The average Bonchev–Trinajstić information content (AvgIpc) is 2.27. The number of nitrogens with zero attached hydrogens (tertiary/aromatic N) is 2. The maximum atomic E-state index is 11.3. The number of benzene rings is 1. The predicted molar refractivity (Wildman–Crippen MR) is 72.6 cm³/mol. The summed E-state index contributed by atoms with van der Waals surface area (Å²) in [7, 11) is 0. The second-order valence-corrected chi connectivity index (χ2v) is 5.49. The quantitative estimate of drug-likeness (QED) is 0.863. The van der Waals surface area contributed by atoms with Gasteiger partial charge in [-0.25, -0.2) is 4.98 Å². The third-order valence-corrected chi connectivity index (χ3v) is 3.56. The molecule has 0 atom stereocenters. The van der Waals surface area contributed by atoms with Crippen molar-refractivity contribution >= 4 is 27.7 Å². The zero-order valence-corrected chi connectivity index (χ0v) is 11.8. The summed E-state index contributed by atoms with van der Waals surface area (Å²) in [6.07, 6.45) is 0. The minimum Gasteiger partial charge on any atom is -0.301 e. The zero-order valence-electron chi connectivity index (χ0n) is 9.40. The number of halogens is 1. The standard InChI is InChI=1S/C12H8BrN3OS/c1-7-4-11(17)16-12(15-7)18-10-5-9(13)3-2-8(10)6-14/h2-5H,1H3,(H,15,16,17). The zero-order chi connectivity index (χ0) is 13.1. The Hall–Kier alpha value is -1.58. The van der Waals surface area contributed by atoms with Gasteiger partial charge in [0.1, 0.15) is 6.07 Å². The fourth-order valence-electron chi connectivity index (χ4n) is 1.38. The molecule has 0 amide bonds. The Morgan fingerprint density at radius 3 is 2.89 bits per heavy atom. The number of hydrogen-bond acceptors (Lipinski definition) is 4. The van der Waals surface area contributed by atoms with Gasteiger partial charge in [0.05, 0.1) is 5.56 Å². The van der Waals surface area contributed by atoms with Crippen LogP contribution >= 0.6 is 27.7 Å². The van der Waals surface area contributed by atoms with Crippen LogP contribution in [0, 0.1) is 18.3 Å². The molecule has 0 fully saturated rings. The van der Waals surface area contributed by atoms with E-state index in [4.69, 9.17) is 5.26 Å². The third-order valence-electron chi connectivity index (χ3n) is 2.12. The molecule has 90 valence electrons. The highest BCUT2D eigenvalue weighted by molar-refractivity contribution is 9.10. The first kappa shape index (κ1) is 12.9. The Morgan fingerprint density at radius 2 is 2.22 bits per heavy atom. The van der Waals surface area contributed by atoms with Crippen LogP contribution in [-0.4, -0.2) is 9.97 Å². The van der Waals surface area contributed by atoms with Gasteiger partial charge in [-0.15, -0.1) is 0 Å². The van der Waals surface area contributed by atoms with E-state index < -0.39 is 0 Å². The summed E-state index contributed by atoms with van der Waals surface area (Å²) < 4.78 is 0.874. The van der Waals surface area contributed by atoms with Crippen LogP contribution in [0.5, 0.6) is 0 Å².